The van der Waals surface area contributed by atoms with E-state index in [0.29, 0.717) is 19.6 Å². The minimum Gasteiger partial charge on any atom is -0.395 e. The van der Waals surface area contributed by atoms with Gasteiger partial charge in [0.1, 0.15) is 0 Å². The van der Waals surface area contributed by atoms with Crippen molar-refractivity contribution < 1.29 is 19.4 Å². The van der Waals surface area contributed by atoms with Gasteiger partial charge in [0.15, 0.2) is 0 Å². The normalized spacial score (nSPS) is 23.9. The average molecular weight is 258 g/mol. The number of amides is 2. The smallest absolute Gasteiger partial charge is 0.312 e. The van der Waals surface area contributed by atoms with Crippen molar-refractivity contribution in [2.24, 2.45) is 0 Å². The van der Waals surface area contributed by atoms with E-state index in [2.05, 4.69) is 0 Å². The first-order chi connectivity index (χ1) is 8.49. The van der Waals surface area contributed by atoms with E-state index in [0.717, 1.165) is 0 Å². The third kappa shape index (κ3) is 3.68. The molecular formula is C12H22N2O4. The van der Waals surface area contributed by atoms with Crippen molar-refractivity contribution in [3.63, 3.8) is 0 Å². The van der Waals surface area contributed by atoms with E-state index >= 15 is 0 Å². The third-order valence-electron chi connectivity index (χ3n) is 2.93. The number of ether oxygens (including phenoxy) is 1. The molecule has 1 N–H and O–H groups in total. The van der Waals surface area contributed by atoms with Gasteiger partial charge >= 0.3 is 11.8 Å². The molecule has 0 spiro atoms. The standard InChI is InChI=1S/C12H22N2O4/c1-4-13(5-6-15)11(16)12(17)14-7-9(2)18-10(3)8-14/h9-10,15H,4-8H2,1-3H3. The molecule has 104 valence electrons. The quantitative estimate of drug-likeness (QED) is 0.690. The van der Waals surface area contributed by atoms with Crippen LogP contribution in [0.4, 0.5) is 0 Å². The SMILES string of the molecule is CCN(CCO)C(=O)C(=O)N1CC(C)OC(C)C1. The summed E-state index contributed by atoms with van der Waals surface area (Å²) in [4.78, 5) is 26.9. The second kappa shape index (κ2) is 6.70. The second-order valence-electron chi connectivity index (χ2n) is 4.58. The molecule has 1 aliphatic heterocycles. The molecule has 18 heavy (non-hydrogen) atoms. The van der Waals surface area contributed by atoms with Crippen LogP contribution >= 0.6 is 0 Å². The van der Waals surface area contributed by atoms with Gasteiger partial charge < -0.3 is 19.6 Å². The maximum Gasteiger partial charge on any atom is 0.312 e. The number of carbonyl (C=O) groups is 2. The fraction of sp³-hybridized carbons (Fsp3) is 0.833. The van der Waals surface area contributed by atoms with Gasteiger partial charge in [-0.15, -0.1) is 0 Å². The van der Waals surface area contributed by atoms with Crippen LogP contribution in [0.2, 0.25) is 0 Å². The molecule has 0 radical (unpaired) electrons. The lowest BCUT2D eigenvalue weighted by Crippen LogP contribution is -2.53. The van der Waals surface area contributed by atoms with Gasteiger partial charge in [-0.1, -0.05) is 0 Å². The number of carbonyl (C=O) groups excluding carboxylic acids is 2. The first-order valence-corrected chi connectivity index (χ1v) is 6.34. The Hall–Kier alpha value is -1.14. The highest BCUT2D eigenvalue weighted by atomic mass is 16.5. The number of nitrogens with zero attached hydrogens (tertiary/aromatic N) is 2. The monoisotopic (exact) mass is 258 g/mol. The van der Waals surface area contributed by atoms with E-state index < -0.39 is 11.8 Å². The number of hydrogen-bond donors (Lipinski definition) is 1. The summed E-state index contributed by atoms with van der Waals surface area (Å²) in [5.74, 6) is -1.06. The van der Waals surface area contributed by atoms with Crippen molar-refractivity contribution in [2.45, 2.75) is 33.0 Å². The topological polar surface area (TPSA) is 70.1 Å². The predicted molar refractivity (Wildman–Crippen MR) is 65.9 cm³/mol. The van der Waals surface area contributed by atoms with Crippen molar-refractivity contribution in [1.82, 2.24) is 9.80 Å². The highest BCUT2D eigenvalue weighted by Crippen LogP contribution is 2.11. The number of aliphatic hydroxyl groups excluding tert-OH is 1. The largest absolute Gasteiger partial charge is 0.395 e. The number of likely N-dealkylation sites (N-methyl/N-ethyl adjacent to an activating group) is 1. The van der Waals surface area contributed by atoms with Crippen molar-refractivity contribution in [1.29, 1.82) is 0 Å². The van der Waals surface area contributed by atoms with Crippen LogP contribution in [0.5, 0.6) is 0 Å². The molecule has 2 amide bonds. The van der Waals surface area contributed by atoms with Crippen LogP contribution in [0.25, 0.3) is 0 Å². The maximum absolute atomic E-state index is 12.1. The van der Waals surface area contributed by atoms with E-state index in [1.54, 1.807) is 6.92 Å². The first kappa shape index (κ1) is 14.9. The summed E-state index contributed by atoms with van der Waals surface area (Å²) in [5.41, 5.74) is 0. The summed E-state index contributed by atoms with van der Waals surface area (Å²) in [6, 6.07) is 0. The molecule has 0 aromatic heterocycles. The highest BCUT2D eigenvalue weighted by molar-refractivity contribution is 6.34. The molecule has 0 saturated carbocycles. The molecule has 1 saturated heterocycles. The molecule has 1 fully saturated rings. The molecule has 0 aromatic carbocycles. The Kier molecular flexibility index (Phi) is 5.55. The number of hydrogen-bond acceptors (Lipinski definition) is 4. The van der Waals surface area contributed by atoms with Crippen molar-refractivity contribution in [3.8, 4) is 0 Å². The Bertz CT molecular complexity index is 298. The summed E-state index contributed by atoms with van der Waals surface area (Å²) >= 11 is 0. The van der Waals surface area contributed by atoms with Crippen LogP contribution in [0, 0.1) is 0 Å². The van der Waals surface area contributed by atoms with E-state index in [4.69, 9.17) is 9.84 Å². The Labute approximate surface area is 107 Å². The second-order valence-corrected chi connectivity index (χ2v) is 4.58. The predicted octanol–water partition coefficient (Wildman–Crippen LogP) is -0.537. The molecule has 6 heteroatoms. The molecule has 1 heterocycles. The van der Waals surface area contributed by atoms with Crippen LogP contribution in [-0.4, -0.2) is 71.7 Å². The summed E-state index contributed by atoms with van der Waals surface area (Å²) in [5, 5.41) is 8.85. The number of aliphatic hydroxyl groups is 1. The zero-order valence-electron chi connectivity index (χ0n) is 11.3. The molecule has 2 atom stereocenters. The summed E-state index contributed by atoms with van der Waals surface area (Å²) in [6.45, 7) is 6.89. The van der Waals surface area contributed by atoms with Crippen LogP contribution in [0.15, 0.2) is 0 Å². The number of morpholine rings is 1. The zero-order chi connectivity index (χ0) is 13.7. The fourth-order valence-electron chi connectivity index (χ4n) is 2.14. The molecule has 1 rings (SSSR count). The molecule has 2 unspecified atom stereocenters. The molecule has 1 aliphatic rings. The maximum atomic E-state index is 12.1. The van der Waals surface area contributed by atoms with Gasteiger partial charge in [0.05, 0.1) is 18.8 Å². The van der Waals surface area contributed by atoms with E-state index in [9.17, 15) is 9.59 Å². The Morgan fingerprint density at radius 1 is 1.33 bits per heavy atom. The average Bonchev–Trinajstić information content (AvgIpc) is 2.33. The van der Waals surface area contributed by atoms with Gasteiger partial charge in [0, 0.05) is 26.2 Å². The van der Waals surface area contributed by atoms with Gasteiger partial charge in [0.2, 0.25) is 0 Å². The van der Waals surface area contributed by atoms with Crippen LogP contribution < -0.4 is 0 Å². The van der Waals surface area contributed by atoms with E-state index in [-0.39, 0.29) is 25.4 Å². The van der Waals surface area contributed by atoms with Crippen molar-refractivity contribution in [3.05, 3.63) is 0 Å². The van der Waals surface area contributed by atoms with E-state index in [1.807, 2.05) is 13.8 Å². The minimum atomic E-state index is -0.548. The Morgan fingerprint density at radius 3 is 2.33 bits per heavy atom. The van der Waals surface area contributed by atoms with Crippen molar-refractivity contribution in [2.75, 3.05) is 32.8 Å². The van der Waals surface area contributed by atoms with Gasteiger partial charge in [0.25, 0.3) is 0 Å². The van der Waals surface area contributed by atoms with Gasteiger partial charge in [-0.25, -0.2) is 0 Å². The lowest BCUT2D eigenvalue weighted by Gasteiger charge is -2.35. The first-order valence-electron chi connectivity index (χ1n) is 6.34. The molecule has 0 bridgehead atoms. The van der Waals surface area contributed by atoms with Gasteiger partial charge in [-0.3, -0.25) is 9.59 Å². The zero-order valence-corrected chi connectivity index (χ0v) is 11.3. The van der Waals surface area contributed by atoms with E-state index in [1.165, 1.54) is 9.80 Å². The highest BCUT2D eigenvalue weighted by Gasteiger charge is 2.31. The van der Waals surface area contributed by atoms with Crippen molar-refractivity contribution >= 4 is 11.8 Å². The van der Waals surface area contributed by atoms with Crippen LogP contribution in [0.1, 0.15) is 20.8 Å². The molecular weight excluding hydrogens is 236 g/mol. The van der Waals surface area contributed by atoms with Crippen LogP contribution in [-0.2, 0) is 14.3 Å². The third-order valence-corrected chi connectivity index (χ3v) is 2.93. The van der Waals surface area contributed by atoms with Crippen LogP contribution in [0.3, 0.4) is 0 Å². The lowest BCUT2D eigenvalue weighted by atomic mass is 10.2. The molecule has 6 nitrogen and oxygen atoms in total. The minimum absolute atomic E-state index is 0.0570. The lowest BCUT2D eigenvalue weighted by molar-refractivity contribution is -0.158. The van der Waals surface area contributed by atoms with Gasteiger partial charge in [-0.2, -0.15) is 0 Å². The van der Waals surface area contributed by atoms with Gasteiger partial charge in [-0.05, 0) is 20.8 Å². The fourth-order valence-corrected chi connectivity index (χ4v) is 2.14. The Balaban J connectivity index is 2.64. The number of rotatable bonds is 3. The summed E-state index contributed by atoms with van der Waals surface area (Å²) in [6.07, 6.45) is -0.114. The summed E-state index contributed by atoms with van der Waals surface area (Å²) < 4.78 is 5.52. The molecule has 0 aliphatic carbocycles. The summed E-state index contributed by atoms with van der Waals surface area (Å²) in [7, 11) is 0. The Morgan fingerprint density at radius 2 is 1.89 bits per heavy atom. The molecule has 0 aromatic rings.